The van der Waals surface area contributed by atoms with Crippen molar-refractivity contribution in [2.45, 2.75) is 44.2 Å². The third kappa shape index (κ3) is 4.10. The summed E-state index contributed by atoms with van der Waals surface area (Å²) in [5.41, 5.74) is -0.344. The number of amides is 1. The van der Waals surface area contributed by atoms with Gasteiger partial charge in [0.25, 0.3) is 5.91 Å². The van der Waals surface area contributed by atoms with Crippen LogP contribution in [-0.2, 0) is 19.6 Å². The van der Waals surface area contributed by atoms with Crippen LogP contribution < -0.4 is 4.90 Å². The topological polar surface area (TPSA) is 66.9 Å². The normalized spacial score (nSPS) is 12.7. The van der Waals surface area contributed by atoms with E-state index < -0.39 is 15.6 Å². The summed E-state index contributed by atoms with van der Waals surface area (Å²) in [6, 6.07) is 6.11. The van der Waals surface area contributed by atoms with E-state index in [0.29, 0.717) is 5.69 Å². The molecule has 0 aliphatic carbocycles. The number of rotatable bonds is 6. The highest BCUT2D eigenvalue weighted by atomic mass is 32.2. The molecule has 0 atom stereocenters. The number of benzene rings is 1. The Labute approximate surface area is 139 Å². The smallest absolute Gasteiger partial charge is 0.258 e. The van der Waals surface area contributed by atoms with Crippen LogP contribution in [0.2, 0.25) is 0 Å². The second kappa shape index (κ2) is 6.98. The van der Waals surface area contributed by atoms with E-state index in [1.165, 1.54) is 28.4 Å². The van der Waals surface area contributed by atoms with Crippen molar-refractivity contribution in [1.29, 1.82) is 0 Å². The van der Waals surface area contributed by atoms with Gasteiger partial charge in [-0.2, -0.15) is 4.31 Å². The number of carbonyl (C=O) groups excluding carboxylic acids is 1. The number of anilines is 1. The van der Waals surface area contributed by atoms with Crippen LogP contribution >= 0.6 is 0 Å². The number of sulfonamides is 1. The van der Waals surface area contributed by atoms with Crippen LogP contribution in [0.1, 0.15) is 27.7 Å². The van der Waals surface area contributed by atoms with Crippen LogP contribution in [0, 0.1) is 0 Å². The van der Waals surface area contributed by atoms with Gasteiger partial charge in [0.2, 0.25) is 10.0 Å². The Kier molecular flexibility index (Phi) is 5.95. The molecule has 0 aliphatic rings. The largest absolute Gasteiger partial charge is 0.369 e. The molecule has 0 fully saturated rings. The lowest BCUT2D eigenvalue weighted by Gasteiger charge is -2.28. The maximum atomic E-state index is 12.4. The van der Waals surface area contributed by atoms with Gasteiger partial charge in [-0.15, -0.1) is 0 Å². The van der Waals surface area contributed by atoms with Crippen LogP contribution in [0.4, 0.5) is 5.69 Å². The second-order valence-corrected chi connectivity index (χ2v) is 8.19. The third-order valence-electron chi connectivity index (χ3n) is 3.96. The average Bonchev–Trinajstić information content (AvgIpc) is 2.52. The highest BCUT2D eigenvalue weighted by Gasteiger charge is 2.31. The fourth-order valence-corrected chi connectivity index (χ4v) is 3.26. The highest BCUT2D eigenvalue weighted by molar-refractivity contribution is 7.89. The molecule has 0 bridgehead atoms. The lowest BCUT2D eigenvalue weighted by molar-refractivity contribution is -0.136. The SMILES string of the molecule is COC(C)(C)C(=O)N(C)c1ccc(S(=O)(=O)N(C)C(C)C)cc1. The van der Waals surface area contributed by atoms with Gasteiger partial charge >= 0.3 is 0 Å². The molecule has 6 nitrogen and oxygen atoms in total. The summed E-state index contributed by atoms with van der Waals surface area (Å²) in [5.74, 6) is -0.213. The van der Waals surface area contributed by atoms with Crippen LogP contribution in [0.3, 0.4) is 0 Å². The van der Waals surface area contributed by atoms with E-state index >= 15 is 0 Å². The van der Waals surface area contributed by atoms with Crippen molar-refractivity contribution >= 4 is 21.6 Å². The minimum Gasteiger partial charge on any atom is -0.369 e. The Hall–Kier alpha value is -1.44. The maximum absolute atomic E-state index is 12.4. The third-order valence-corrected chi connectivity index (χ3v) is 6.01. The number of methoxy groups -OCH3 is 1. The molecule has 0 heterocycles. The van der Waals surface area contributed by atoms with Gasteiger partial charge in [0.15, 0.2) is 0 Å². The monoisotopic (exact) mass is 342 g/mol. The molecule has 0 saturated carbocycles. The van der Waals surface area contributed by atoms with E-state index in [1.54, 1.807) is 40.1 Å². The van der Waals surface area contributed by atoms with E-state index in [1.807, 2.05) is 13.8 Å². The number of nitrogens with zero attached hydrogens (tertiary/aromatic N) is 2. The van der Waals surface area contributed by atoms with Gasteiger partial charge in [-0.05, 0) is 52.0 Å². The summed E-state index contributed by atoms with van der Waals surface area (Å²) in [4.78, 5) is 14.0. The summed E-state index contributed by atoms with van der Waals surface area (Å²) in [6.45, 7) is 6.99. The summed E-state index contributed by atoms with van der Waals surface area (Å²) in [5, 5.41) is 0. The molecule has 7 heteroatoms. The van der Waals surface area contributed by atoms with Crippen molar-refractivity contribution in [3.63, 3.8) is 0 Å². The Morgan fingerprint density at radius 1 is 1.13 bits per heavy atom. The minimum atomic E-state index is -3.53. The molecular weight excluding hydrogens is 316 g/mol. The Balaban J connectivity index is 3.08. The molecule has 1 rings (SSSR count). The van der Waals surface area contributed by atoms with Crippen molar-refractivity contribution < 1.29 is 17.9 Å². The predicted octanol–water partition coefficient (Wildman–Crippen LogP) is 2.10. The molecule has 0 N–H and O–H groups in total. The molecule has 1 amide bonds. The first-order valence-electron chi connectivity index (χ1n) is 7.36. The molecule has 0 unspecified atom stereocenters. The zero-order chi connectivity index (χ0) is 18.0. The molecule has 0 radical (unpaired) electrons. The first-order valence-corrected chi connectivity index (χ1v) is 8.80. The van der Waals surface area contributed by atoms with Gasteiger partial charge in [-0.3, -0.25) is 4.79 Å². The van der Waals surface area contributed by atoms with E-state index in [-0.39, 0.29) is 16.8 Å². The van der Waals surface area contributed by atoms with Gasteiger partial charge in [0.1, 0.15) is 5.60 Å². The first kappa shape index (κ1) is 19.6. The fraction of sp³-hybridized carbons (Fsp3) is 0.562. The van der Waals surface area contributed by atoms with E-state index in [9.17, 15) is 13.2 Å². The van der Waals surface area contributed by atoms with Crippen molar-refractivity contribution in [2.24, 2.45) is 0 Å². The van der Waals surface area contributed by atoms with Gasteiger partial charge in [0.05, 0.1) is 4.90 Å². The quantitative estimate of drug-likeness (QED) is 0.794. The van der Waals surface area contributed by atoms with Crippen molar-refractivity contribution in [1.82, 2.24) is 4.31 Å². The molecule has 23 heavy (non-hydrogen) atoms. The van der Waals surface area contributed by atoms with Crippen molar-refractivity contribution in [3.05, 3.63) is 24.3 Å². The van der Waals surface area contributed by atoms with Crippen LogP contribution in [0.15, 0.2) is 29.2 Å². The minimum absolute atomic E-state index is 0.133. The molecular formula is C16H26N2O4S. The number of hydrogen-bond donors (Lipinski definition) is 0. The van der Waals surface area contributed by atoms with Crippen molar-refractivity contribution in [2.75, 3.05) is 26.1 Å². The fourth-order valence-electron chi connectivity index (χ4n) is 1.89. The molecule has 130 valence electrons. The molecule has 0 aliphatic heterocycles. The maximum Gasteiger partial charge on any atom is 0.258 e. The molecule has 0 aromatic heterocycles. The molecule has 0 saturated heterocycles. The number of hydrogen-bond acceptors (Lipinski definition) is 4. The summed E-state index contributed by atoms with van der Waals surface area (Å²) >= 11 is 0. The molecule has 1 aromatic carbocycles. The van der Waals surface area contributed by atoms with E-state index in [4.69, 9.17) is 4.74 Å². The van der Waals surface area contributed by atoms with Gasteiger partial charge in [0, 0.05) is 32.9 Å². The van der Waals surface area contributed by atoms with Gasteiger partial charge in [-0.25, -0.2) is 8.42 Å². The second-order valence-electron chi connectivity index (χ2n) is 6.19. The van der Waals surface area contributed by atoms with Gasteiger partial charge in [-0.1, -0.05) is 0 Å². The zero-order valence-corrected chi connectivity index (χ0v) is 15.6. The molecule has 1 aromatic rings. The number of likely N-dealkylation sites (N-methyl/N-ethyl adjacent to an activating group) is 1. The number of ether oxygens (including phenoxy) is 1. The van der Waals surface area contributed by atoms with Crippen LogP contribution in [-0.4, -0.2) is 51.5 Å². The Morgan fingerprint density at radius 3 is 2.00 bits per heavy atom. The lowest BCUT2D eigenvalue weighted by Crippen LogP contribution is -2.44. The predicted molar refractivity (Wildman–Crippen MR) is 91.0 cm³/mol. The lowest BCUT2D eigenvalue weighted by atomic mass is 10.1. The summed E-state index contributed by atoms with van der Waals surface area (Å²) < 4.78 is 31.3. The highest BCUT2D eigenvalue weighted by Crippen LogP contribution is 2.23. The van der Waals surface area contributed by atoms with Crippen LogP contribution in [0.5, 0.6) is 0 Å². The van der Waals surface area contributed by atoms with Crippen LogP contribution in [0.25, 0.3) is 0 Å². The number of carbonyl (C=O) groups is 1. The van der Waals surface area contributed by atoms with Crippen molar-refractivity contribution in [3.8, 4) is 0 Å². The molecule has 0 spiro atoms. The first-order chi connectivity index (χ1) is 10.4. The Morgan fingerprint density at radius 2 is 1.61 bits per heavy atom. The van der Waals surface area contributed by atoms with E-state index in [0.717, 1.165) is 0 Å². The average molecular weight is 342 g/mol. The summed E-state index contributed by atoms with van der Waals surface area (Å²) in [6.07, 6.45) is 0. The standard InChI is InChI=1S/C16H26N2O4S/c1-12(2)18(6)23(20,21)14-10-8-13(9-11-14)17(5)15(19)16(3,4)22-7/h8-12H,1-7H3. The van der Waals surface area contributed by atoms with Gasteiger partial charge < -0.3 is 9.64 Å². The summed E-state index contributed by atoms with van der Waals surface area (Å²) in [7, 11) is 1.12. The van der Waals surface area contributed by atoms with E-state index in [2.05, 4.69) is 0 Å². The zero-order valence-electron chi connectivity index (χ0n) is 14.8. The Bertz CT molecular complexity index is 651.